The van der Waals surface area contributed by atoms with Crippen LogP contribution >= 0.6 is 0 Å². The summed E-state index contributed by atoms with van der Waals surface area (Å²) in [5, 5.41) is 10.5. The Morgan fingerprint density at radius 2 is 1.74 bits per heavy atom. The van der Waals surface area contributed by atoms with Crippen molar-refractivity contribution in [3.05, 3.63) is 0 Å². The Labute approximate surface area is 108 Å². The molecule has 0 radical (unpaired) electrons. The standard InChI is InChI=1S/C11H17F3N2O3/c1-10(9(18)19,11(12,13)14)15-7-8(17)16-5-3-2-4-6-16/h15H,2-7H2,1H3,(H,18,19). The minimum Gasteiger partial charge on any atom is -0.480 e. The summed E-state index contributed by atoms with van der Waals surface area (Å²) < 4.78 is 38.0. The average molecular weight is 282 g/mol. The van der Waals surface area contributed by atoms with Crippen LogP contribution in [0.3, 0.4) is 0 Å². The molecular formula is C11H17F3N2O3. The molecule has 1 atom stereocenters. The summed E-state index contributed by atoms with van der Waals surface area (Å²) in [6, 6.07) is 0. The van der Waals surface area contributed by atoms with Crippen molar-refractivity contribution >= 4 is 11.9 Å². The van der Waals surface area contributed by atoms with E-state index in [4.69, 9.17) is 5.11 Å². The van der Waals surface area contributed by atoms with Crippen LogP contribution in [0.2, 0.25) is 0 Å². The lowest BCUT2D eigenvalue weighted by atomic mass is 10.0. The molecule has 19 heavy (non-hydrogen) atoms. The third-order valence-corrected chi connectivity index (χ3v) is 3.30. The van der Waals surface area contributed by atoms with Gasteiger partial charge in [-0.1, -0.05) is 0 Å². The van der Waals surface area contributed by atoms with Gasteiger partial charge in [0.25, 0.3) is 0 Å². The third-order valence-electron chi connectivity index (χ3n) is 3.30. The predicted octanol–water partition coefficient (Wildman–Crippen LogP) is 0.994. The van der Waals surface area contributed by atoms with Gasteiger partial charge in [0.15, 0.2) is 0 Å². The number of carbonyl (C=O) groups excluding carboxylic acids is 1. The summed E-state index contributed by atoms with van der Waals surface area (Å²) in [5.41, 5.74) is -3.11. The number of carbonyl (C=O) groups is 2. The van der Waals surface area contributed by atoms with Crippen molar-refractivity contribution < 1.29 is 27.9 Å². The lowest BCUT2D eigenvalue weighted by molar-refractivity contribution is -0.205. The predicted molar refractivity (Wildman–Crippen MR) is 60.5 cm³/mol. The first kappa shape index (κ1) is 15.7. The number of hydrogen-bond donors (Lipinski definition) is 2. The van der Waals surface area contributed by atoms with Gasteiger partial charge in [-0.2, -0.15) is 13.2 Å². The molecule has 110 valence electrons. The minimum absolute atomic E-state index is 0.503. The van der Waals surface area contributed by atoms with Crippen molar-refractivity contribution in [1.82, 2.24) is 10.2 Å². The highest BCUT2D eigenvalue weighted by Gasteiger charge is 2.57. The van der Waals surface area contributed by atoms with Crippen molar-refractivity contribution in [3.63, 3.8) is 0 Å². The third kappa shape index (κ3) is 3.59. The Morgan fingerprint density at radius 1 is 1.21 bits per heavy atom. The maximum absolute atomic E-state index is 12.7. The topological polar surface area (TPSA) is 69.6 Å². The number of halogens is 3. The van der Waals surface area contributed by atoms with E-state index in [9.17, 15) is 22.8 Å². The fourth-order valence-electron chi connectivity index (χ4n) is 1.80. The molecule has 0 aliphatic carbocycles. The molecule has 0 aromatic heterocycles. The zero-order valence-corrected chi connectivity index (χ0v) is 10.6. The molecule has 0 aromatic rings. The fraction of sp³-hybridized carbons (Fsp3) is 0.818. The molecule has 1 heterocycles. The van der Waals surface area contributed by atoms with Crippen LogP contribution in [0.25, 0.3) is 0 Å². The molecule has 0 aromatic carbocycles. The molecule has 5 nitrogen and oxygen atoms in total. The molecule has 0 bridgehead atoms. The number of nitrogens with one attached hydrogen (secondary N) is 1. The zero-order chi connectivity index (χ0) is 14.7. The van der Waals surface area contributed by atoms with Crippen LogP contribution in [0.5, 0.6) is 0 Å². The molecule has 8 heteroatoms. The summed E-state index contributed by atoms with van der Waals surface area (Å²) in [5.74, 6) is -2.55. The largest absolute Gasteiger partial charge is 0.480 e. The van der Waals surface area contributed by atoms with Gasteiger partial charge in [0.05, 0.1) is 6.54 Å². The van der Waals surface area contributed by atoms with E-state index in [1.54, 1.807) is 0 Å². The van der Waals surface area contributed by atoms with Crippen LogP contribution in [0.15, 0.2) is 0 Å². The highest BCUT2D eigenvalue weighted by Crippen LogP contribution is 2.30. The lowest BCUT2D eigenvalue weighted by Gasteiger charge is -2.31. The second-order valence-corrected chi connectivity index (χ2v) is 4.72. The monoisotopic (exact) mass is 282 g/mol. The van der Waals surface area contributed by atoms with Crippen LogP contribution in [0, 0.1) is 0 Å². The van der Waals surface area contributed by atoms with Crippen LogP contribution in [-0.2, 0) is 9.59 Å². The molecule has 1 aliphatic rings. The van der Waals surface area contributed by atoms with E-state index in [0.717, 1.165) is 19.3 Å². The first-order chi connectivity index (χ1) is 8.68. The quantitative estimate of drug-likeness (QED) is 0.807. The molecule has 0 saturated carbocycles. The number of amides is 1. The van der Waals surface area contributed by atoms with E-state index in [-0.39, 0.29) is 0 Å². The lowest BCUT2D eigenvalue weighted by Crippen LogP contribution is -2.62. The van der Waals surface area contributed by atoms with E-state index in [0.29, 0.717) is 20.0 Å². The summed E-state index contributed by atoms with van der Waals surface area (Å²) in [6.45, 7) is 0.897. The Bertz CT molecular complexity index is 354. The highest BCUT2D eigenvalue weighted by atomic mass is 19.4. The Morgan fingerprint density at radius 3 is 2.16 bits per heavy atom. The molecular weight excluding hydrogens is 265 g/mol. The number of piperidine rings is 1. The second-order valence-electron chi connectivity index (χ2n) is 4.72. The number of nitrogens with zero attached hydrogens (tertiary/aromatic N) is 1. The van der Waals surface area contributed by atoms with Crippen molar-refractivity contribution in [2.24, 2.45) is 0 Å². The highest BCUT2D eigenvalue weighted by molar-refractivity contribution is 5.82. The van der Waals surface area contributed by atoms with Gasteiger partial charge in [-0.3, -0.25) is 10.1 Å². The molecule has 1 fully saturated rings. The van der Waals surface area contributed by atoms with Crippen LogP contribution < -0.4 is 5.32 Å². The Hall–Kier alpha value is -1.31. The molecule has 1 rings (SSSR count). The molecule has 1 saturated heterocycles. The van der Waals surface area contributed by atoms with Gasteiger partial charge in [-0.15, -0.1) is 0 Å². The number of hydrogen-bond acceptors (Lipinski definition) is 3. The maximum Gasteiger partial charge on any atom is 0.417 e. The second kappa shape index (κ2) is 5.77. The smallest absolute Gasteiger partial charge is 0.417 e. The van der Waals surface area contributed by atoms with E-state index >= 15 is 0 Å². The Kier molecular flexibility index (Phi) is 4.78. The van der Waals surface area contributed by atoms with Gasteiger partial charge < -0.3 is 10.0 Å². The average Bonchev–Trinajstić information content (AvgIpc) is 2.34. The first-order valence-corrected chi connectivity index (χ1v) is 6.01. The van der Waals surface area contributed by atoms with Crippen LogP contribution in [-0.4, -0.2) is 53.2 Å². The maximum atomic E-state index is 12.7. The fourth-order valence-corrected chi connectivity index (χ4v) is 1.80. The molecule has 1 unspecified atom stereocenters. The van der Waals surface area contributed by atoms with Crippen molar-refractivity contribution in [1.29, 1.82) is 0 Å². The van der Waals surface area contributed by atoms with Crippen molar-refractivity contribution in [2.45, 2.75) is 37.9 Å². The SMILES string of the molecule is CC(NCC(=O)N1CCCCC1)(C(=O)O)C(F)(F)F. The van der Waals surface area contributed by atoms with Gasteiger partial charge in [-0.05, 0) is 26.2 Å². The number of carboxylic acid groups (broad SMARTS) is 1. The summed E-state index contributed by atoms with van der Waals surface area (Å²) in [4.78, 5) is 23.9. The Balaban J connectivity index is 2.62. The number of alkyl halides is 3. The summed E-state index contributed by atoms with van der Waals surface area (Å²) in [7, 11) is 0. The zero-order valence-electron chi connectivity index (χ0n) is 10.6. The number of carboxylic acids is 1. The first-order valence-electron chi connectivity index (χ1n) is 6.01. The van der Waals surface area contributed by atoms with Crippen LogP contribution in [0.4, 0.5) is 13.2 Å². The molecule has 1 aliphatic heterocycles. The van der Waals surface area contributed by atoms with Crippen molar-refractivity contribution in [2.75, 3.05) is 19.6 Å². The normalized spacial score (nSPS) is 19.9. The molecule has 2 N–H and O–H groups in total. The number of likely N-dealkylation sites (tertiary alicyclic amines) is 1. The number of aliphatic carboxylic acids is 1. The number of rotatable bonds is 4. The van der Waals surface area contributed by atoms with Crippen molar-refractivity contribution in [3.8, 4) is 0 Å². The molecule has 1 amide bonds. The van der Waals surface area contributed by atoms with Crippen LogP contribution in [0.1, 0.15) is 26.2 Å². The van der Waals surface area contributed by atoms with Gasteiger partial charge >= 0.3 is 12.1 Å². The minimum atomic E-state index is -4.97. The van der Waals surface area contributed by atoms with Gasteiger partial charge in [-0.25, -0.2) is 4.79 Å². The van der Waals surface area contributed by atoms with E-state index in [1.807, 2.05) is 5.32 Å². The molecule has 0 spiro atoms. The van der Waals surface area contributed by atoms with Gasteiger partial charge in [0.1, 0.15) is 0 Å². The van der Waals surface area contributed by atoms with Gasteiger partial charge in [0.2, 0.25) is 11.4 Å². The van der Waals surface area contributed by atoms with Gasteiger partial charge in [0, 0.05) is 13.1 Å². The van der Waals surface area contributed by atoms with E-state index in [2.05, 4.69) is 0 Å². The summed E-state index contributed by atoms with van der Waals surface area (Å²) >= 11 is 0. The van der Waals surface area contributed by atoms with E-state index in [1.165, 1.54) is 4.90 Å². The summed E-state index contributed by atoms with van der Waals surface area (Å²) in [6.07, 6.45) is -2.34. The van der Waals surface area contributed by atoms with E-state index < -0.39 is 30.1 Å².